The molecule has 4 rings (SSSR count). The average molecular weight is 365 g/mol. The van der Waals surface area contributed by atoms with Gasteiger partial charge in [0.2, 0.25) is 11.8 Å². The fraction of sp³-hybridized carbons (Fsp3) is 0.250. The number of carbonyl (C=O) groups is 1. The van der Waals surface area contributed by atoms with Crippen molar-refractivity contribution in [2.45, 2.75) is 36.3 Å². The quantitative estimate of drug-likeness (QED) is 0.665. The third-order valence-electron chi connectivity index (χ3n) is 4.19. The van der Waals surface area contributed by atoms with Gasteiger partial charge in [-0.2, -0.15) is 0 Å². The Balaban J connectivity index is 1.55. The molecule has 26 heavy (non-hydrogen) atoms. The molecule has 1 amide bonds. The molecule has 0 bridgehead atoms. The molecule has 0 saturated heterocycles. The number of hydrogen-bond donors (Lipinski definition) is 1. The van der Waals surface area contributed by atoms with Gasteiger partial charge in [0.25, 0.3) is 5.22 Å². The lowest BCUT2D eigenvalue weighted by Crippen LogP contribution is -2.29. The second-order valence-corrected chi connectivity index (χ2v) is 7.49. The van der Waals surface area contributed by atoms with Crippen molar-refractivity contribution in [3.8, 4) is 11.5 Å². The monoisotopic (exact) mass is 365 g/mol. The summed E-state index contributed by atoms with van der Waals surface area (Å²) in [6.45, 7) is 2.03. The largest absolute Gasteiger partial charge is 0.411 e. The second-order valence-electron chi connectivity index (χ2n) is 6.43. The van der Waals surface area contributed by atoms with Crippen LogP contribution in [-0.4, -0.2) is 22.1 Å². The highest BCUT2D eigenvalue weighted by molar-refractivity contribution is 8.00. The van der Waals surface area contributed by atoms with E-state index in [-0.39, 0.29) is 5.91 Å². The van der Waals surface area contributed by atoms with Crippen LogP contribution >= 0.6 is 11.8 Å². The number of hydrogen-bond acceptors (Lipinski definition) is 5. The summed E-state index contributed by atoms with van der Waals surface area (Å²) in [5.74, 6) is 0.445. The number of rotatable bonds is 6. The summed E-state index contributed by atoms with van der Waals surface area (Å²) in [5.41, 5.74) is 2.96. The molecule has 0 spiro atoms. The normalized spacial score (nSPS) is 14.8. The van der Waals surface area contributed by atoms with Gasteiger partial charge in [-0.15, -0.1) is 10.2 Å². The first kappa shape index (κ1) is 16.8. The second kappa shape index (κ2) is 7.33. The molecule has 2 aromatic carbocycles. The number of amides is 1. The van der Waals surface area contributed by atoms with E-state index in [0.717, 1.165) is 24.0 Å². The standard InChI is InChI=1S/C20H19N3O2S/c1-13-7-9-15(10-8-13)19-22-23-20(25-19)26-17(14-5-3-2-4-6-14)18(24)21-16-11-12-16/h2-10,16-17H,11-12H2,1H3,(H,21,24)/t17-/m1/s1. The third kappa shape index (κ3) is 3.96. The molecule has 1 aromatic heterocycles. The van der Waals surface area contributed by atoms with Crippen molar-refractivity contribution in [1.82, 2.24) is 15.5 Å². The number of thioether (sulfide) groups is 1. The van der Waals surface area contributed by atoms with Crippen LogP contribution in [0.1, 0.15) is 29.2 Å². The SMILES string of the molecule is Cc1ccc(-c2nnc(S[C@@H](C(=O)NC3CC3)c3ccccc3)o2)cc1. The average Bonchev–Trinajstić information content (AvgIpc) is 3.35. The number of benzene rings is 2. The first-order valence-electron chi connectivity index (χ1n) is 8.61. The van der Waals surface area contributed by atoms with Crippen LogP contribution in [0, 0.1) is 6.92 Å². The van der Waals surface area contributed by atoms with Crippen molar-refractivity contribution in [3.63, 3.8) is 0 Å². The molecule has 0 unspecified atom stereocenters. The summed E-state index contributed by atoms with van der Waals surface area (Å²) in [4.78, 5) is 12.7. The Morgan fingerprint density at radius 2 is 1.85 bits per heavy atom. The Labute approximate surface area is 156 Å². The van der Waals surface area contributed by atoms with E-state index in [0.29, 0.717) is 17.2 Å². The van der Waals surface area contributed by atoms with Gasteiger partial charge in [-0.25, -0.2) is 0 Å². The summed E-state index contributed by atoms with van der Waals surface area (Å²) in [6.07, 6.45) is 2.10. The molecular weight excluding hydrogens is 346 g/mol. The van der Waals surface area contributed by atoms with E-state index in [1.807, 2.05) is 61.5 Å². The van der Waals surface area contributed by atoms with Crippen LogP contribution in [0.4, 0.5) is 0 Å². The summed E-state index contributed by atoms with van der Waals surface area (Å²) in [6, 6.07) is 17.9. The van der Waals surface area contributed by atoms with Crippen LogP contribution in [0.2, 0.25) is 0 Å². The van der Waals surface area contributed by atoms with Crippen LogP contribution in [-0.2, 0) is 4.79 Å². The lowest BCUT2D eigenvalue weighted by Gasteiger charge is -2.14. The highest BCUT2D eigenvalue weighted by Crippen LogP contribution is 2.36. The van der Waals surface area contributed by atoms with Crippen molar-refractivity contribution >= 4 is 17.7 Å². The zero-order valence-electron chi connectivity index (χ0n) is 14.4. The maximum atomic E-state index is 12.7. The lowest BCUT2D eigenvalue weighted by molar-refractivity contribution is -0.120. The first-order valence-corrected chi connectivity index (χ1v) is 9.49. The minimum absolute atomic E-state index is 0.0150. The van der Waals surface area contributed by atoms with Crippen molar-refractivity contribution in [1.29, 1.82) is 0 Å². The van der Waals surface area contributed by atoms with Gasteiger partial charge in [-0.05, 0) is 49.2 Å². The zero-order chi connectivity index (χ0) is 17.9. The topological polar surface area (TPSA) is 68.0 Å². The van der Waals surface area contributed by atoms with Crippen LogP contribution in [0.5, 0.6) is 0 Å². The summed E-state index contributed by atoms with van der Waals surface area (Å²) in [7, 11) is 0. The third-order valence-corrected chi connectivity index (χ3v) is 5.28. The number of nitrogens with one attached hydrogen (secondary N) is 1. The molecule has 6 heteroatoms. The van der Waals surface area contributed by atoms with Gasteiger partial charge in [0.15, 0.2) is 0 Å². The van der Waals surface area contributed by atoms with E-state index in [1.54, 1.807) is 0 Å². The number of carbonyl (C=O) groups excluding carboxylic acids is 1. The molecule has 0 aliphatic heterocycles. The van der Waals surface area contributed by atoms with E-state index in [4.69, 9.17) is 4.42 Å². The van der Waals surface area contributed by atoms with Gasteiger partial charge in [0.05, 0.1) is 0 Å². The molecule has 1 N–H and O–H groups in total. The Kier molecular flexibility index (Phi) is 4.75. The molecule has 132 valence electrons. The van der Waals surface area contributed by atoms with Gasteiger partial charge < -0.3 is 9.73 Å². The van der Waals surface area contributed by atoms with Gasteiger partial charge in [-0.1, -0.05) is 48.0 Å². The fourth-order valence-corrected chi connectivity index (χ4v) is 3.46. The minimum Gasteiger partial charge on any atom is -0.411 e. The molecule has 1 atom stereocenters. The molecular formula is C20H19N3O2S. The van der Waals surface area contributed by atoms with Crippen LogP contribution < -0.4 is 5.32 Å². The van der Waals surface area contributed by atoms with E-state index < -0.39 is 5.25 Å². The fourth-order valence-electron chi connectivity index (χ4n) is 2.58. The van der Waals surface area contributed by atoms with Gasteiger partial charge in [-0.3, -0.25) is 4.79 Å². The van der Waals surface area contributed by atoms with E-state index in [9.17, 15) is 4.79 Å². The van der Waals surface area contributed by atoms with Gasteiger partial charge in [0, 0.05) is 11.6 Å². The molecule has 3 aromatic rings. The maximum absolute atomic E-state index is 12.7. The Morgan fingerprint density at radius 3 is 2.54 bits per heavy atom. The summed E-state index contributed by atoms with van der Waals surface area (Å²) in [5, 5.41) is 11.3. The predicted molar refractivity (Wildman–Crippen MR) is 101 cm³/mol. The van der Waals surface area contributed by atoms with Gasteiger partial charge >= 0.3 is 0 Å². The lowest BCUT2D eigenvalue weighted by atomic mass is 10.1. The van der Waals surface area contributed by atoms with Crippen molar-refractivity contribution in [3.05, 3.63) is 65.7 Å². The van der Waals surface area contributed by atoms with Crippen LogP contribution in [0.25, 0.3) is 11.5 Å². The molecule has 1 heterocycles. The zero-order valence-corrected chi connectivity index (χ0v) is 15.2. The molecule has 5 nitrogen and oxygen atoms in total. The summed E-state index contributed by atoms with van der Waals surface area (Å²) < 4.78 is 5.79. The van der Waals surface area contributed by atoms with Crippen LogP contribution in [0.3, 0.4) is 0 Å². The van der Waals surface area contributed by atoms with E-state index in [1.165, 1.54) is 17.3 Å². The minimum atomic E-state index is -0.414. The molecule has 1 saturated carbocycles. The van der Waals surface area contributed by atoms with Crippen LogP contribution in [0.15, 0.2) is 64.2 Å². The number of aromatic nitrogens is 2. The highest BCUT2D eigenvalue weighted by Gasteiger charge is 2.30. The molecule has 0 radical (unpaired) electrons. The van der Waals surface area contributed by atoms with Gasteiger partial charge in [0.1, 0.15) is 5.25 Å². The number of nitrogens with zero attached hydrogens (tertiary/aromatic N) is 2. The van der Waals surface area contributed by atoms with Crippen molar-refractivity contribution in [2.75, 3.05) is 0 Å². The highest BCUT2D eigenvalue weighted by atomic mass is 32.2. The van der Waals surface area contributed by atoms with E-state index in [2.05, 4.69) is 15.5 Å². The Bertz CT molecular complexity index is 889. The molecule has 1 aliphatic rings. The van der Waals surface area contributed by atoms with Crippen molar-refractivity contribution in [2.24, 2.45) is 0 Å². The smallest absolute Gasteiger partial charge is 0.277 e. The molecule has 1 fully saturated rings. The van der Waals surface area contributed by atoms with Crippen molar-refractivity contribution < 1.29 is 9.21 Å². The number of aryl methyl sites for hydroxylation is 1. The Hall–Kier alpha value is -2.60. The predicted octanol–water partition coefficient (Wildman–Crippen LogP) is 4.16. The maximum Gasteiger partial charge on any atom is 0.277 e. The summed E-state index contributed by atoms with van der Waals surface area (Å²) >= 11 is 1.29. The Morgan fingerprint density at radius 1 is 1.12 bits per heavy atom. The van der Waals surface area contributed by atoms with E-state index >= 15 is 0 Å². The first-order chi connectivity index (χ1) is 12.7. The molecule has 1 aliphatic carbocycles.